The molecule has 1 atom stereocenters. The number of fused-ring (bicyclic) bond motifs is 6. The molecule has 4 nitrogen and oxygen atoms in total. The first-order valence-electron chi connectivity index (χ1n) is 14.3. The van der Waals surface area contributed by atoms with Crippen molar-refractivity contribution in [2.24, 2.45) is 5.92 Å². The fourth-order valence-corrected chi connectivity index (χ4v) is 6.80. The summed E-state index contributed by atoms with van der Waals surface area (Å²) in [6.07, 6.45) is 13.4. The molecule has 0 fully saturated rings. The molecule has 0 spiro atoms. The molecule has 8 rings (SSSR count). The van der Waals surface area contributed by atoms with Crippen LogP contribution in [0.3, 0.4) is 0 Å². The number of para-hydroxylation sites is 1. The Morgan fingerprint density at radius 3 is 1.98 bits per heavy atom. The van der Waals surface area contributed by atoms with E-state index in [1.54, 1.807) is 0 Å². The van der Waals surface area contributed by atoms with Gasteiger partial charge < -0.3 is 9.13 Å². The predicted octanol–water partition coefficient (Wildman–Crippen LogP) is 9.01. The Labute approximate surface area is 239 Å². The molecule has 0 amide bonds. The van der Waals surface area contributed by atoms with Gasteiger partial charge in [-0.3, -0.25) is 9.97 Å². The Bertz CT molecular complexity index is 2120. The van der Waals surface area contributed by atoms with Gasteiger partial charge in [0.05, 0.1) is 16.6 Å². The highest BCUT2D eigenvalue weighted by Crippen LogP contribution is 2.37. The van der Waals surface area contributed by atoms with Crippen LogP contribution in [0.5, 0.6) is 0 Å². The van der Waals surface area contributed by atoms with Crippen LogP contribution in [0.25, 0.3) is 61.3 Å². The SMILES string of the molecule is Cc1cc(-n2c3c(c4cnccc42)C=CC(C)C3)ccc1-c1ccc(-n2c3ccccc3c3cnccc32)cc1C. The van der Waals surface area contributed by atoms with Gasteiger partial charge in [0.15, 0.2) is 0 Å². The summed E-state index contributed by atoms with van der Waals surface area (Å²) in [7, 11) is 0. The van der Waals surface area contributed by atoms with Crippen LogP contribution in [-0.4, -0.2) is 19.1 Å². The minimum absolute atomic E-state index is 0.519. The summed E-state index contributed by atoms with van der Waals surface area (Å²) in [5.41, 5.74) is 13.7. The number of nitrogens with zero attached hydrogens (tertiary/aromatic N) is 4. The highest BCUT2D eigenvalue weighted by Gasteiger charge is 2.22. The zero-order valence-corrected chi connectivity index (χ0v) is 23.5. The normalized spacial score (nSPS) is 14.8. The first-order chi connectivity index (χ1) is 20.1. The van der Waals surface area contributed by atoms with Crippen molar-refractivity contribution in [2.45, 2.75) is 27.2 Å². The van der Waals surface area contributed by atoms with Gasteiger partial charge in [-0.2, -0.15) is 0 Å². The van der Waals surface area contributed by atoms with Crippen LogP contribution in [0.1, 0.15) is 29.3 Å². The molecule has 0 radical (unpaired) electrons. The van der Waals surface area contributed by atoms with Gasteiger partial charge in [0.1, 0.15) is 0 Å². The van der Waals surface area contributed by atoms with E-state index in [0.717, 1.165) is 6.42 Å². The molecule has 1 aliphatic carbocycles. The van der Waals surface area contributed by atoms with Crippen LogP contribution >= 0.6 is 0 Å². The third kappa shape index (κ3) is 3.60. The second-order valence-corrected chi connectivity index (χ2v) is 11.4. The summed E-state index contributed by atoms with van der Waals surface area (Å²) >= 11 is 0. The summed E-state index contributed by atoms with van der Waals surface area (Å²) in [4.78, 5) is 8.83. The van der Waals surface area contributed by atoms with Gasteiger partial charge in [-0.25, -0.2) is 0 Å². The molecule has 0 N–H and O–H groups in total. The Hall–Kier alpha value is -4.96. The van der Waals surface area contributed by atoms with Crippen molar-refractivity contribution in [1.82, 2.24) is 19.1 Å². The molecule has 4 heterocycles. The van der Waals surface area contributed by atoms with Crippen LogP contribution in [0.15, 0.2) is 104 Å². The molecule has 41 heavy (non-hydrogen) atoms. The van der Waals surface area contributed by atoms with Crippen LogP contribution in [0.4, 0.5) is 0 Å². The zero-order chi connectivity index (χ0) is 27.7. The molecular weight excluding hydrogens is 500 g/mol. The molecule has 7 aromatic rings. The third-order valence-corrected chi connectivity index (χ3v) is 8.72. The summed E-state index contributed by atoms with van der Waals surface area (Å²) in [6, 6.07) is 26.6. The van der Waals surface area contributed by atoms with Gasteiger partial charge in [-0.15, -0.1) is 0 Å². The maximum absolute atomic E-state index is 4.43. The number of benzene rings is 3. The molecule has 0 saturated heterocycles. The molecule has 0 aliphatic heterocycles. The first kappa shape index (κ1) is 23.9. The van der Waals surface area contributed by atoms with Gasteiger partial charge in [0.25, 0.3) is 0 Å². The largest absolute Gasteiger partial charge is 0.313 e. The lowest BCUT2D eigenvalue weighted by atomic mass is 9.94. The van der Waals surface area contributed by atoms with E-state index < -0.39 is 0 Å². The molecule has 1 unspecified atom stereocenters. The highest BCUT2D eigenvalue weighted by atomic mass is 15.0. The average molecular weight is 531 g/mol. The van der Waals surface area contributed by atoms with E-state index in [1.165, 1.54) is 77.6 Å². The smallest absolute Gasteiger partial charge is 0.0571 e. The minimum Gasteiger partial charge on any atom is -0.313 e. The number of aryl methyl sites for hydroxylation is 2. The van der Waals surface area contributed by atoms with Crippen LogP contribution in [-0.2, 0) is 6.42 Å². The molecule has 3 aromatic carbocycles. The van der Waals surface area contributed by atoms with Crippen LogP contribution in [0, 0.1) is 19.8 Å². The third-order valence-electron chi connectivity index (χ3n) is 8.72. The van der Waals surface area contributed by atoms with Crippen molar-refractivity contribution in [3.05, 3.63) is 126 Å². The Kier molecular flexibility index (Phi) is 5.26. The number of rotatable bonds is 3. The van der Waals surface area contributed by atoms with E-state index in [4.69, 9.17) is 0 Å². The van der Waals surface area contributed by atoms with Crippen molar-refractivity contribution < 1.29 is 0 Å². The lowest BCUT2D eigenvalue weighted by Gasteiger charge is -2.19. The number of pyridine rings is 2. The van der Waals surface area contributed by atoms with Crippen molar-refractivity contribution in [3.63, 3.8) is 0 Å². The fourth-order valence-electron chi connectivity index (χ4n) is 6.80. The highest BCUT2D eigenvalue weighted by molar-refractivity contribution is 6.08. The summed E-state index contributed by atoms with van der Waals surface area (Å²) < 4.78 is 4.79. The van der Waals surface area contributed by atoms with E-state index in [0.29, 0.717) is 5.92 Å². The first-order valence-corrected chi connectivity index (χ1v) is 14.3. The lowest BCUT2D eigenvalue weighted by Crippen LogP contribution is -2.08. The number of hydrogen-bond donors (Lipinski definition) is 0. The maximum Gasteiger partial charge on any atom is 0.0571 e. The number of allylic oxidation sites excluding steroid dienone is 1. The van der Waals surface area contributed by atoms with Gasteiger partial charge >= 0.3 is 0 Å². The van der Waals surface area contributed by atoms with E-state index in [9.17, 15) is 0 Å². The van der Waals surface area contributed by atoms with E-state index in [1.807, 2.05) is 24.8 Å². The van der Waals surface area contributed by atoms with Crippen molar-refractivity contribution >= 4 is 38.8 Å². The monoisotopic (exact) mass is 530 g/mol. The zero-order valence-electron chi connectivity index (χ0n) is 23.5. The van der Waals surface area contributed by atoms with Crippen molar-refractivity contribution in [3.8, 4) is 22.5 Å². The second-order valence-electron chi connectivity index (χ2n) is 11.4. The fraction of sp³-hybridized carbons (Fsp3) is 0.135. The lowest BCUT2D eigenvalue weighted by molar-refractivity contribution is 0.690. The predicted molar refractivity (Wildman–Crippen MR) is 170 cm³/mol. The molecule has 4 heteroatoms. The maximum atomic E-state index is 4.43. The molecule has 1 aliphatic rings. The molecular formula is C37H30N4. The summed E-state index contributed by atoms with van der Waals surface area (Å²) in [5, 5.41) is 3.63. The van der Waals surface area contributed by atoms with Gasteiger partial charge in [-0.1, -0.05) is 49.4 Å². The summed E-state index contributed by atoms with van der Waals surface area (Å²) in [5.74, 6) is 0.519. The molecule has 4 aromatic heterocycles. The molecule has 198 valence electrons. The standard InChI is InChI=1S/C37H30N4/c1-23-8-11-31-33-22-39-17-15-36(33)41(37(31)18-23)27-10-13-29(25(3)20-27)28-12-9-26(19-24(28)2)40-34-7-5-4-6-30(34)32-21-38-16-14-35(32)40/h4-17,19-23H,18H2,1-3H3. The van der Waals surface area contributed by atoms with Gasteiger partial charge in [-0.05, 0) is 90.9 Å². The Morgan fingerprint density at radius 2 is 1.27 bits per heavy atom. The number of aromatic nitrogens is 4. The molecule has 0 bridgehead atoms. The Morgan fingerprint density at radius 1 is 0.659 bits per heavy atom. The van der Waals surface area contributed by atoms with Crippen LogP contribution in [0.2, 0.25) is 0 Å². The van der Waals surface area contributed by atoms with E-state index in [-0.39, 0.29) is 0 Å². The molecule has 0 saturated carbocycles. The van der Waals surface area contributed by atoms with Gasteiger partial charge in [0.2, 0.25) is 0 Å². The van der Waals surface area contributed by atoms with Crippen LogP contribution < -0.4 is 0 Å². The van der Waals surface area contributed by atoms with E-state index in [2.05, 4.69) is 125 Å². The van der Waals surface area contributed by atoms with Crippen molar-refractivity contribution in [1.29, 1.82) is 0 Å². The average Bonchev–Trinajstić information content (AvgIpc) is 3.50. The minimum atomic E-state index is 0.519. The van der Waals surface area contributed by atoms with Crippen molar-refractivity contribution in [2.75, 3.05) is 0 Å². The summed E-state index contributed by atoms with van der Waals surface area (Å²) in [6.45, 7) is 6.74. The van der Waals surface area contributed by atoms with E-state index >= 15 is 0 Å². The quantitative estimate of drug-likeness (QED) is 0.228. The topological polar surface area (TPSA) is 35.6 Å². The number of hydrogen-bond acceptors (Lipinski definition) is 2. The van der Waals surface area contributed by atoms with Gasteiger partial charge in [0, 0.05) is 63.6 Å². The Balaban J connectivity index is 1.23. The second kappa shape index (κ2) is 9.03.